The van der Waals surface area contributed by atoms with E-state index in [1.165, 1.54) is 0 Å². The molecule has 0 unspecified atom stereocenters. The molecule has 0 aliphatic rings. The molecule has 0 radical (unpaired) electrons. The van der Waals surface area contributed by atoms with Gasteiger partial charge in [0.05, 0.1) is 5.56 Å². The predicted octanol–water partition coefficient (Wildman–Crippen LogP) is 1.33. The summed E-state index contributed by atoms with van der Waals surface area (Å²) in [6, 6.07) is 0. The van der Waals surface area contributed by atoms with Crippen molar-refractivity contribution in [2.45, 2.75) is 32.6 Å². The second kappa shape index (κ2) is 7.76. The Morgan fingerprint density at radius 3 is 2.39 bits per heavy atom. The van der Waals surface area contributed by atoms with Crippen LogP contribution in [-0.4, -0.2) is 36.0 Å². The minimum Gasteiger partial charge on any atom is -0.352 e. The second-order valence-corrected chi connectivity index (χ2v) is 4.55. The molecule has 0 bridgehead atoms. The molecular weight excluding hydrogens is 228 g/mol. The number of hydrogen-bond donors (Lipinski definition) is 2. The lowest BCUT2D eigenvalue weighted by atomic mass is 10.2. The van der Waals surface area contributed by atoms with Crippen LogP contribution in [0.5, 0.6) is 0 Å². The molecule has 0 aromatic carbocycles. The van der Waals surface area contributed by atoms with Crippen LogP contribution in [0.15, 0.2) is 12.4 Å². The van der Waals surface area contributed by atoms with Crippen molar-refractivity contribution in [2.75, 3.05) is 20.1 Å². The van der Waals surface area contributed by atoms with Crippen LogP contribution < -0.4 is 10.6 Å². The normalized spacial score (nSPS) is 10.7. The van der Waals surface area contributed by atoms with Crippen molar-refractivity contribution in [1.29, 1.82) is 0 Å². The molecule has 1 aromatic rings. The fourth-order valence-corrected chi connectivity index (χ4v) is 1.48. The Kier molecular flexibility index (Phi) is 6.28. The maximum absolute atomic E-state index is 11.8. The number of carbonyl (C=O) groups excluding carboxylic acids is 1. The monoisotopic (exact) mass is 250 g/mol. The first kappa shape index (κ1) is 14.6. The number of carbonyl (C=O) groups is 1. The standard InChI is InChI=1S/C13H22N4O/c1-10(2)12-16-8-11(9-17-12)13(18)15-7-5-4-6-14-3/h8-10,14H,4-7H2,1-3H3,(H,15,18). The van der Waals surface area contributed by atoms with E-state index in [2.05, 4.69) is 20.6 Å². The average molecular weight is 250 g/mol. The van der Waals surface area contributed by atoms with E-state index < -0.39 is 0 Å². The van der Waals surface area contributed by atoms with E-state index in [1.807, 2.05) is 20.9 Å². The molecule has 0 atom stereocenters. The number of nitrogens with zero attached hydrogens (tertiary/aromatic N) is 2. The zero-order valence-electron chi connectivity index (χ0n) is 11.4. The van der Waals surface area contributed by atoms with Gasteiger partial charge in [0.15, 0.2) is 0 Å². The van der Waals surface area contributed by atoms with Crippen LogP contribution in [0.1, 0.15) is 48.8 Å². The molecule has 0 aliphatic carbocycles. The van der Waals surface area contributed by atoms with Crippen LogP contribution in [0.2, 0.25) is 0 Å². The maximum atomic E-state index is 11.8. The third kappa shape index (κ3) is 4.79. The molecule has 0 aliphatic heterocycles. The summed E-state index contributed by atoms with van der Waals surface area (Å²) in [5, 5.41) is 5.93. The van der Waals surface area contributed by atoms with Crippen LogP contribution in [0.3, 0.4) is 0 Å². The highest BCUT2D eigenvalue weighted by atomic mass is 16.1. The third-order valence-corrected chi connectivity index (χ3v) is 2.59. The van der Waals surface area contributed by atoms with E-state index >= 15 is 0 Å². The van der Waals surface area contributed by atoms with E-state index in [1.54, 1.807) is 12.4 Å². The van der Waals surface area contributed by atoms with E-state index in [0.29, 0.717) is 12.1 Å². The lowest BCUT2D eigenvalue weighted by Crippen LogP contribution is -2.25. The molecule has 1 rings (SSSR count). The van der Waals surface area contributed by atoms with Gasteiger partial charge in [-0.3, -0.25) is 4.79 Å². The number of hydrogen-bond acceptors (Lipinski definition) is 4. The van der Waals surface area contributed by atoms with Crippen LogP contribution >= 0.6 is 0 Å². The summed E-state index contributed by atoms with van der Waals surface area (Å²) in [7, 11) is 1.92. The van der Waals surface area contributed by atoms with E-state index in [4.69, 9.17) is 0 Å². The fraction of sp³-hybridized carbons (Fsp3) is 0.615. The molecule has 1 amide bonds. The van der Waals surface area contributed by atoms with Gasteiger partial charge in [0.1, 0.15) is 5.82 Å². The van der Waals surface area contributed by atoms with Crippen LogP contribution in [0.25, 0.3) is 0 Å². The highest BCUT2D eigenvalue weighted by molar-refractivity contribution is 5.93. The highest BCUT2D eigenvalue weighted by Gasteiger charge is 2.07. The van der Waals surface area contributed by atoms with Gasteiger partial charge in [0.2, 0.25) is 0 Å². The zero-order valence-corrected chi connectivity index (χ0v) is 11.4. The molecule has 1 aromatic heterocycles. The molecule has 0 saturated heterocycles. The molecule has 5 heteroatoms. The average Bonchev–Trinajstić information content (AvgIpc) is 2.38. The summed E-state index contributed by atoms with van der Waals surface area (Å²) in [4.78, 5) is 20.1. The lowest BCUT2D eigenvalue weighted by molar-refractivity contribution is 0.0952. The summed E-state index contributed by atoms with van der Waals surface area (Å²) in [5.41, 5.74) is 0.521. The van der Waals surface area contributed by atoms with Gasteiger partial charge in [-0.2, -0.15) is 0 Å². The minimum absolute atomic E-state index is 0.102. The summed E-state index contributed by atoms with van der Waals surface area (Å²) in [6.07, 6.45) is 5.20. The van der Waals surface area contributed by atoms with Gasteiger partial charge in [-0.15, -0.1) is 0 Å². The minimum atomic E-state index is -0.102. The predicted molar refractivity (Wildman–Crippen MR) is 71.6 cm³/mol. The Morgan fingerprint density at radius 1 is 1.22 bits per heavy atom. The van der Waals surface area contributed by atoms with Crippen LogP contribution in [0.4, 0.5) is 0 Å². The van der Waals surface area contributed by atoms with Crippen LogP contribution in [-0.2, 0) is 0 Å². The van der Waals surface area contributed by atoms with E-state index in [-0.39, 0.29) is 11.8 Å². The molecule has 0 spiro atoms. The molecule has 2 N–H and O–H groups in total. The van der Waals surface area contributed by atoms with E-state index in [9.17, 15) is 4.79 Å². The second-order valence-electron chi connectivity index (χ2n) is 4.55. The van der Waals surface area contributed by atoms with Gasteiger partial charge in [0.25, 0.3) is 5.91 Å². The molecule has 100 valence electrons. The van der Waals surface area contributed by atoms with Crippen LogP contribution in [0, 0.1) is 0 Å². The first-order valence-electron chi connectivity index (χ1n) is 6.40. The van der Waals surface area contributed by atoms with Gasteiger partial charge in [-0.05, 0) is 26.4 Å². The Hall–Kier alpha value is -1.49. The quantitative estimate of drug-likeness (QED) is 0.716. The highest BCUT2D eigenvalue weighted by Crippen LogP contribution is 2.07. The fourth-order valence-electron chi connectivity index (χ4n) is 1.48. The van der Waals surface area contributed by atoms with Crippen molar-refractivity contribution in [3.63, 3.8) is 0 Å². The van der Waals surface area contributed by atoms with Crippen molar-refractivity contribution < 1.29 is 4.79 Å². The van der Waals surface area contributed by atoms with Gasteiger partial charge in [-0.25, -0.2) is 9.97 Å². The van der Waals surface area contributed by atoms with Gasteiger partial charge < -0.3 is 10.6 Å². The largest absolute Gasteiger partial charge is 0.352 e. The summed E-state index contributed by atoms with van der Waals surface area (Å²) >= 11 is 0. The number of rotatable bonds is 7. The summed E-state index contributed by atoms with van der Waals surface area (Å²) in [6.45, 7) is 5.71. The molecule has 1 heterocycles. The smallest absolute Gasteiger partial charge is 0.254 e. The summed E-state index contributed by atoms with van der Waals surface area (Å²) < 4.78 is 0. The Balaban J connectivity index is 2.37. The summed E-state index contributed by atoms with van der Waals surface area (Å²) in [5.74, 6) is 0.944. The SMILES string of the molecule is CNCCCCNC(=O)c1cnc(C(C)C)nc1. The number of unbranched alkanes of at least 4 members (excludes halogenated alkanes) is 1. The third-order valence-electron chi connectivity index (χ3n) is 2.59. The van der Waals surface area contributed by atoms with Crippen molar-refractivity contribution in [1.82, 2.24) is 20.6 Å². The van der Waals surface area contributed by atoms with Gasteiger partial charge in [-0.1, -0.05) is 13.8 Å². The van der Waals surface area contributed by atoms with Gasteiger partial charge in [0, 0.05) is 24.9 Å². The van der Waals surface area contributed by atoms with Gasteiger partial charge >= 0.3 is 0 Å². The molecule has 0 saturated carbocycles. The van der Waals surface area contributed by atoms with Crippen molar-refractivity contribution in [3.8, 4) is 0 Å². The number of amides is 1. The first-order valence-corrected chi connectivity index (χ1v) is 6.40. The number of nitrogens with one attached hydrogen (secondary N) is 2. The Bertz CT molecular complexity index is 362. The molecule has 18 heavy (non-hydrogen) atoms. The topological polar surface area (TPSA) is 66.9 Å². The molecule has 0 fully saturated rings. The Morgan fingerprint density at radius 2 is 1.83 bits per heavy atom. The maximum Gasteiger partial charge on any atom is 0.254 e. The van der Waals surface area contributed by atoms with Crippen molar-refractivity contribution >= 4 is 5.91 Å². The first-order chi connectivity index (χ1) is 8.65. The van der Waals surface area contributed by atoms with Crippen molar-refractivity contribution in [3.05, 3.63) is 23.8 Å². The zero-order chi connectivity index (χ0) is 13.4. The molecule has 5 nitrogen and oxygen atoms in total. The number of aromatic nitrogens is 2. The lowest BCUT2D eigenvalue weighted by Gasteiger charge is -2.06. The van der Waals surface area contributed by atoms with Crippen molar-refractivity contribution in [2.24, 2.45) is 0 Å². The van der Waals surface area contributed by atoms with E-state index in [0.717, 1.165) is 25.2 Å². The molecular formula is C13H22N4O. The Labute approximate surface area is 108 Å².